The van der Waals surface area contributed by atoms with Gasteiger partial charge in [0.15, 0.2) is 6.61 Å². The molecule has 1 fully saturated rings. The standard InChI is InChI=1S/C14H16ClF3N2O3/c15-11-6-9(7-20-13(11)23-8-14(16,17)18)12(21)19-4-3-10-2-1-5-22-10/h6-7,10H,1-5,8H2,(H,19,21). The van der Waals surface area contributed by atoms with Gasteiger partial charge in [-0.25, -0.2) is 4.98 Å². The molecule has 1 unspecified atom stereocenters. The summed E-state index contributed by atoms with van der Waals surface area (Å²) in [6, 6.07) is 1.22. The van der Waals surface area contributed by atoms with E-state index in [-0.39, 0.29) is 22.6 Å². The van der Waals surface area contributed by atoms with Gasteiger partial charge in [0.05, 0.1) is 11.7 Å². The molecule has 1 aliphatic rings. The van der Waals surface area contributed by atoms with Gasteiger partial charge in [-0.15, -0.1) is 0 Å². The average Bonchev–Trinajstić information content (AvgIpc) is 2.98. The summed E-state index contributed by atoms with van der Waals surface area (Å²) >= 11 is 5.79. The molecule has 1 aliphatic heterocycles. The maximum atomic E-state index is 12.1. The van der Waals surface area contributed by atoms with Crippen molar-refractivity contribution in [1.82, 2.24) is 10.3 Å². The van der Waals surface area contributed by atoms with Crippen molar-refractivity contribution in [3.63, 3.8) is 0 Å². The van der Waals surface area contributed by atoms with E-state index in [9.17, 15) is 18.0 Å². The van der Waals surface area contributed by atoms with E-state index in [1.807, 2.05) is 0 Å². The topological polar surface area (TPSA) is 60.5 Å². The molecule has 1 aromatic rings. The van der Waals surface area contributed by atoms with Crippen molar-refractivity contribution in [2.24, 2.45) is 0 Å². The van der Waals surface area contributed by atoms with E-state index in [4.69, 9.17) is 16.3 Å². The van der Waals surface area contributed by atoms with E-state index in [1.54, 1.807) is 0 Å². The lowest BCUT2D eigenvalue weighted by molar-refractivity contribution is -0.154. The largest absolute Gasteiger partial charge is 0.467 e. The number of amides is 1. The Kier molecular flexibility index (Phi) is 6.06. The second kappa shape index (κ2) is 7.83. The third-order valence-electron chi connectivity index (χ3n) is 3.22. The molecule has 1 aromatic heterocycles. The number of nitrogens with zero attached hydrogens (tertiary/aromatic N) is 1. The number of hydrogen-bond acceptors (Lipinski definition) is 4. The SMILES string of the molecule is O=C(NCCC1CCCO1)c1cnc(OCC(F)(F)F)c(Cl)c1. The molecule has 2 rings (SSSR count). The van der Waals surface area contributed by atoms with Gasteiger partial charge in [-0.05, 0) is 25.3 Å². The zero-order valence-electron chi connectivity index (χ0n) is 12.2. The van der Waals surface area contributed by atoms with Crippen LogP contribution in [0.25, 0.3) is 0 Å². The minimum Gasteiger partial charge on any atom is -0.467 e. The molecule has 0 spiro atoms. The van der Waals surface area contributed by atoms with Gasteiger partial charge in [-0.1, -0.05) is 11.6 Å². The normalized spacial score (nSPS) is 18.0. The van der Waals surface area contributed by atoms with E-state index >= 15 is 0 Å². The zero-order valence-corrected chi connectivity index (χ0v) is 12.9. The Morgan fingerprint density at radius 3 is 2.91 bits per heavy atom. The molecule has 0 aliphatic carbocycles. The summed E-state index contributed by atoms with van der Waals surface area (Å²) in [6.07, 6.45) is -0.483. The van der Waals surface area contributed by atoms with Gasteiger partial charge in [-0.3, -0.25) is 4.79 Å². The number of rotatable bonds is 6. The van der Waals surface area contributed by atoms with Crippen molar-refractivity contribution >= 4 is 17.5 Å². The first kappa shape index (κ1) is 17.8. The molecule has 128 valence electrons. The third kappa shape index (κ3) is 5.87. The van der Waals surface area contributed by atoms with Crippen LogP contribution in [0.5, 0.6) is 5.88 Å². The number of carbonyl (C=O) groups excluding carboxylic acids is 1. The Hall–Kier alpha value is -1.54. The lowest BCUT2D eigenvalue weighted by Crippen LogP contribution is -2.27. The number of ether oxygens (including phenoxy) is 2. The van der Waals surface area contributed by atoms with Crippen LogP contribution in [-0.4, -0.2) is 42.9 Å². The van der Waals surface area contributed by atoms with Crippen LogP contribution in [0.15, 0.2) is 12.3 Å². The predicted octanol–water partition coefficient (Wildman–Crippen LogP) is 2.98. The summed E-state index contributed by atoms with van der Waals surface area (Å²) in [4.78, 5) is 15.6. The summed E-state index contributed by atoms with van der Waals surface area (Å²) in [5, 5.41) is 2.54. The molecule has 9 heteroatoms. The number of carbonyl (C=O) groups is 1. The maximum Gasteiger partial charge on any atom is 0.422 e. The highest BCUT2D eigenvalue weighted by atomic mass is 35.5. The molecular weight excluding hydrogens is 337 g/mol. The minimum absolute atomic E-state index is 0.152. The van der Waals surface area contributed by atoms with Crippen LogP contribution in [0.3, 0.4) is 0 Å². The van der Waals surface area contributed by atoms with Gasteiger partial charge < -0.3 is 14.8 Å². The Balaban J connectivity index is 1.84. The molecule has 0 saturated carbocycles. The van der Waals surface area contributed by atoms with Gasteiger partial charge >= 0.3 is 6.18 Å². The number of aromatic nitrogens is 1. The molecule has 23 heavy (non-hydrogen) atoms. The van der Waals surface area contributed by atoms with Crippen LogP contribution >= 0.6 is 11.6 Å². The van der Waals surface area contributed by atoms with Gasteiger partial charge in [0, 0.05) is 19.3 Å². The number of pyridine rings is 1. The first-order chi connectivity index (χ1) is 10.8. The van der Waals surface area contributed by atoms with Crippen molar-refractivity contribution in [1.29, 1.82) is 0 Å². The van der Waals surface area contributed by atoms with Crippen molar-refractivity contribution < 1.29 is 27.4 Å². The molecule has 1 N–H and O–H groups in total. The first-order valence-electron chi connectivity index (χ1n) is 7.10. The fourth-order valence-electron chi connectivity index (χ4n) is 2.13. The van der Waals surface area contributed by atoms with Crippen LogP contribution in [0.2, 0.25) is 5.02 Å². The summed E-state index contributed by atoms with van der Waals surface area (Å²) < 4.78 is 46.1. The van der Waals surface area contributed by atoms with Gasteiger partial charge in [0.1, 0.15) is 5.02 Å². The first-order valence-corrected chi connectivity index (χ1v) is 7.48. The lowest BCUT2D eigenvalue weighted by atomic mass is 10.2. The number of halogens is 4. The Morgan fingerprint density at radius 2 is 2.30 bits per heavy atom. The van der Waals surface area contributed by atoms with E-state index in [1.165, 1.54) is 6.07 Å². The highest BCUT2D eigenvalue weighted by molar-refractivity contribution is 6.32. The number of nitrogens with one attached hydrogen (secondary N) is 1. The van der Waals surface area contributed by atoms with E-state index in [2.05, 4.69) is 15.0 Å². The Labute approximate surface area is 136 Å². The van der Waals surface area contributed by atoms with Gasteiger partial charge in [0.2, 0.25) is 5.88 Å². The van der Waals surface area contributed by atoms with Crippen LogP contribution in [0, 0.1) is 0 Å². The fourth-order valence-corrected chi connectivity index (χ4v) is 2.35. The van der Waals surface area contributed by atoms with E-state index in [0.717, 1.165) is 25.6 Å². The summed E-state index contributed by atoms with van der Waals surface area (Å²) in [5.41, 5.74) is 0.154. The van der Waals surface area contributed by atoms with Crippen LogP contribution in [-0.2, 0) is 4.74 Å². The molecule has 2 heterocycles. The average molecular weight is 353 g/mol. The van der Waals surface area contributed by atoms with Gasteiger partial charge in [0.25, 0.3) is 5.91 Å². The molecule has 1 atom stereocenters. The predicted molar refractivity (Wildman–Crippen MR) is 76.7 cm³/mol. The lowest BCUT2D eigenvalue weighted by Gasteiger charge is -2.11. The minimum atomic E-state index is -4.48. The Morgan fingerprint density at radius 1 is 1.52 bits per heavy atom. The summed E-state index contributed by atoms with van der Waals surface area (Å²) in [6.45, 7) is -0.308. The van der Waals surface area contributed by atoms with Crippen molar-refractivity contribution in [3.05, 3.63) is 22.8 Å². The van der Waals surface area contributed by atoms with E-state index < -0.39 is 18.7 Å². The summed E-state index contributed by atoms with van der Waals surface area (Å²) in [5.74, 6) is -0.764. The van der Waals surface area contributed by atoms with Crippen molar-refractivity contribution in [2.75, 3.05) is 19.8 Å². The Bertz CT molecular complexity index is 549. The van der Waals surface area contributed by atoms with Crippen LogP contribution < -0.4 is 10.1 Å². The highest BCUT2D eigenvalue weighted by Crippen LogP contribution is 2.25. The molecule has 1 amide bonds. The molecule has 0 aromatic carbocycles. The molecule has 0 bridgehead atoms. The monoisotopic (exact) mass is 352 g/mol. The smallest absolute Gasteiger partial charge is 0.422 e. The molecule has 0 radical (unpaired) electrons. The van der Waals surface area contributed by atoms with Gasteiger partial charge in [-0.2, -0.15) is 13.2 Å². The summed E-state index contributed by atoms with van der Waals surface area (Å²) in [7, 11) is 0. The number of alkyl halides is 3. The van der Waals surface area contributed by atoms with Crippen molar-refractivity contribution in [2.45, 2.75) is 31.5 Å². The van der Waals surface area contributed by atoms with Crippen LogP contribution in [0.1, 0.15) is 29.6 Å². The molecule has 5 nitrogen and oxygen atoms in total. The number of hydrogen-bond donors (Lipinski definition) is 1. The second-order valence-electron chi connectivity index (χ2n) is 5.09. The highest BCUT2D eigenvalue weighted by Gasteiger charge is 2.29. The fraction of sp³-hybridized carbons (Fsp3) is 0.571. The molecule has 1 saturated heterocycles. The molecular formula is C14H16ClF3N2O3. The second-order valence-corrected chi connectivity index (χ2v) is 5.50. The quantitative estimate of drug-likeness (QED) is 0.855. The van der Waals surface area contributed by atoms with Crippen LogP contribution in [0.4, 0.5) is 13.2 Å². The van der Waals surface area contributed by atoms with Crippen molar-refractivity contribution in [3.8, 4) is 5.88 Å². The van der Waals surface area contributed by atoms with E-state index in [0.29, 0.717) is 13.0 Å². The zero-order chi connectivity index (χ0) is 16.9. The maximum absolute atomic E-state index is 12.1. The third-order valence-corrected chi connectivity index (χ3v) is 3.49.